The Balaban J connectivity index is 2.13. The Kier molecular flexibility index (Phi) is 0.960. The maximum atomic E-state index is 10.9. The Morgan fingerprint density at radius 1 is 1.50 bits per heavy atom. The van der Waals surface area contributed by atoms with Crippen molar-refractivity contribution < 1.29 is 9.59 Å². The second kappa shape index (κ2) is 1.69. The number of hydrogen-bond donors (Lipinski definition) is 2. The highest BCUT2D eigenvalue weighted by Crippen LogP contribution is 2.16. The molecule has 3 amide bonds. The summed E-state index contributed by atoms with van der Waals surface area (Å²) in [6.45, 7) is 0.782. The Bertz CT molecular complexity index is 203. The quantitative estimate of drug-likeness (QED) is 0.446. The lowest BCUT2D eigenvalue weighted by Gasteiger charge is -2.42. The first-order valence-electron chi connectivity index (χ1n) is 3.15. The number of nitrogens with one attached hydrogen (secondary N) is 2. The van der Waals surface area contributed by atoms with Crippen LogP contribution in [0.5, 0.6) is 0 Å². The molecule has 0 aromatic heterocycles. The van der Waals surface area contributed by atoms with E-state index in [1.165, 1.54) is 0 Å². The molecular formula is C5H7N3O2. The third-order valence-corrected chi connectivity index (χ3v) is 1.80. The number of amides is 3. The van der Waals surface area contributed by atoms with Crippen molar-refractivity contribution in [3.05, 3.63) is 0 Å². The fourth-order valence-corrected chi connectivity index (χ4v) is 1.15. The van der Waals surface area contributed by atoms with E-state index in [0.717, 1.165) is 13.0 Å². The lowest BCUT2D eigenvalue weighted by atomic mass is 10.0. The molecule has 0 saturated carbocycles. The summed E-state index contributed by atoms with van der Waals surface area (Å²) in [4.78, 5) is 21.4. The highest BCUT2D eigenvalue weighted by Gasteiger charge is 2.39. The first-order chi connectivity index (χ1) is 4.77. The van der Waals surface area contributed by atoms with Gasteiger partial charge in [-0.3, -0.25) is 15.5 Å². The van der Waals surface area contributed by atoms with Crippen LogP contribution in [0.25, 0.3) is 0 Å². The molecule has 0 aliphatic carbocycles. The Hall–Kier alpha value is -1.10. The molecule has 0 spiro atoms. The number of carbonyl (C=O) groups is 2. The predicted molar refractivity (Wildman–Crippen MR) is 31.8 cm³/mol. The van der Waals surface area contributed by atoms with Crippen LogP contribution in [0, 0.1) is 0 Å². The Labute approximate surface area is 57.3 Å². The Morgan fingerprint density at radius 2 is 2.30 bits per heavy atom. The molecule has 0 aromatic carbocycles. The molecule has 0 aromatic rings. The van der Waals surface area contributed by atoms with E-state index in [0.29, 0.717) is 0 Å². The SMILES string of the molecule is O=C1NC(=O)C2CCN2N1. The molecule has 1 atom stereocenters. The van der Waals surface area contributed by atoms with Crippen molar-refractivity contribution in [3.8, 4) is 0 Å². The van der Waals surface area contributed by atoms with Crippen LogP contribution in [-0.4, -0.2) is 29.5 Å². The van der Waals surface area contributed by atoms with Crippen molar-refractivity contribution >= 4 is 11.9 Å². The second-order valence-electron chi connectivity index (χ2n) is 2.43. The summed E-state index contributed by atoms with van der Waals surface area (Å²) in [6.07, 6.45) is 0.839. The Morgan fingerprint density at radius 3 is 2.80 bits per heavy atom. The van der Waals surface area contributed by atoms with E-state index in [2.05, 4.69) is 10.7 Å². The molecular weight excluding hydrogens is 134 g/mol. The van der Waals surface area contributed by atoms with E-state index in [-0.39, 0.29) is 11.9 Å². The van der Waals surface area contributed by atoms with Crippen molar-refractivity contribution in [2.24, 2.45) is 0 Å². The number of imide groups is 1. The first-order valence-corrected chi connectivity index (χ1v) is 3.15. The minimum absolute atomic E-state index is 0.113. The van der Waals surface area contributed by atoms with Gasteiger partial charge in [-0.1, -0.05) is 0 Å². The smallest absolute Gasteiger partial charge is 0.276 e. The van der Waals surface area contributed by atoms with E-state index >= 15 is 0 Å². The number of rotatable bonds is 0. The van der Waals surface area contributed by atoms with Crippen LogP contribution >= 0.6 is 0 Å². The minimum Gasteiger partial charge on any atom is -0.276 e. The molecule has 0 radical (unpaired) electrons. The summed E-state index contributed by atoms with van der Waals surface area (Å²) in [5, 5.41) is 3.82. The molecule has 2 aliphatic heterocycles. The highest BCUT2D eigenvalue weighted by atomic mass is 16.2. The zero-order valence-electron chi connectivity index (χ0n) is 5.26. The average molecular weight is 141 g/mol. The van der Waals surface area contributed by atoms with Gasteiger partial charge in [0.2, 0.25) is 5.91 Å². The lowest BCUT2D eigenvalue weighted by molar-refractivity contribution is -0.134. The fourth-order valence-electron chi connectivity index (χ4n) is 1.15. The van der Waals surface area contributed by atoms with E-state index < -0.39 is 6.03 Å². The van der Waals surface area contributed by atoms with E-state index in [1.807, 2.05) is 0 Å². The van der Waals surface area contributed by atoms with Crippen molar-refractivity contribution in [1.82, 2.24) is 15.8 Å². The maximum absolute atomic E-state index is 10.9. The summed E-state index contributed by atoms with van der Waals surface area (Å²) in [5.74, 6) is -0.185. The van der Waals surface area contributed by atoms with Crippen LogP contribution in [0.4, 0.5) is 4.79 Å². The molecule has 54 valence electrons. The van der Waals surface area contributed by atoms with Gasteiger partial charge in [-0.25, -0.2) is 9.80 Å². The van der Waals surface area contributed by atoms with Gasteiger partial charge in [-0.2, -0.15) is 0 Å². The normalized spacial score (nSPS) is 31.8. The number of hydrazine groups is 1. The fraction of sp³-hybridized carbons (Fsp3) is 0.600. The van der Waals surface area contributed by atoms with Crippen molar-refractivity contribution in [2.45, 2.75) is 12.5 Å². The largest absolute Gasteiger partial charge is 0.336 e. The van der Waals surface area contributed by atoms with Gasteiger partial charge in [0.15, 0.2) is 0 Å². The number of nitrogens with zero attached hydrogens (tertiary/aromatic N) is 1. The maximum Gasteiger partial charge on any atom is 0.336 e. The van der Waals surface area contributed by atoms with Crippen LogP contribution in [0.3, 0.4) is 0 Å². The van der Waals surface area contributed by atoms with Gasteiger partial charge in [0.25, 0.3) is 0 Å². The number of carbonyl (C=O) groups excluding carboxylic acids is 2. The zero-order valence-corrected chi connectivity index (χ0v) is 5.26. The molecule has 5 heteroatoms. The number of fused-ring (bicyclic) bond motifs is 1. The molecule has 5 nitrogen and oxygen atoms in total. The van der Waals surface area contributed by atoms with Crippen molar-refractivity contribution in [1.29, 1.82) is 0 Å². The molecule has 10 heavy (non-hydrogen) atoms. The molecule has 2 N–H and O–H groups in total. The van der Waals surface area contributed by atoms with Crippen LogP contribution in [0.2, 0.25) is 0 Å². The van der Waals surface area contributed by atoms with Crippen molar-refractivity contribution in [2.75, 3.05) is 6.54 Å². The molecule has 2 saturated heterocycles. The topological polar surface area (TPSA) is 61.4 Å². The van der Waals surface area contributed by atoms with Crippen molar-refractivity contribution in [3.63, 3.8) is 0 Å². The zero-order chi connectivity index (χ0) is 7.14. The van der Waals surface area contributed by atoms with Gasteiger partial charge in [0.1, 0.15) is 6.04 Å². The summed E-state index contributed by atoms with van der Waals surface area (Å²) in [5.41, 5.74) is 2.51. The summed E-state index contributed by atoms with van der Waals surface area (Å²) < 4.78 is 0. The van der Waals surface area contributed by atoms with Gasteiger partial charge >= 0.3 is 6.03 Å². The standard InChI is InChI=1S/C5H7N3O2/c9-4-3-1-2-8(3)7-5(10)6-4/h3H,1-2H2,(H2,6,7,9,10). The molecule has 1 unspecified atom stereocenters. The highest BCUT2D eigenvalue weighted by molar-refractivity contribution is 5.99. The minimum atomic E-state index is -0.416. The third kappa shape index (κ3) is 0.607. The van der Waals surface area contributed by atoms with Crippen LogP contribution in [0.1, 0.15) is 6.42 Å². The summed E-state index contributed by atoms with van der Waals surface area (Å²) in [6, 6.07) is -0.529. The van der Waals surface area contributed by atoms with Gasteiger partial charge < -0.3 is 0 Å². The predicted octanol–water partition coefficient (Wildman–Crippen LogP) is -1.18. The van der Waals surface area contributed by atoms with Gasteiger partial charge in [-0.05, 0) is 6.42 Å². The van der Waals surface area contributed by atoms with Gasteiger partial charge in [0, 0.05) is 6.54 Å². The first kappa shape index (κ1) is 5.67. The van der Waals surface area contributed by atoms with Gasteiger partial charge in [0.05, 0.1) is 0 Å². The molecule has 0 bridgehead atoms. The second-order valence-corrected chi connectivity index (χ2v) is 2.43. The van der Waals surface area contributed by atoms with Gasteiger partial charge in [-0.15, -0.1) is 0 Å². The molecule has 2 aliphatic rings. The number of hydrogen-bond acceptors (Lipinski definition) is 3. The monoisotopic (exact) mass is 141 g/mol. The van der Waals surface area contributed by atoms with E-state index in [1.54, 1.807) is 5.01 Å². The molecule has 2 rings (SSSR count). The van der Waals surface area contributed by atoms with E-state index in [4.69, 9.17) is 0 Å². The van der Waals surface area contributed by atoms with Crippen LogP contribution < -0.4 is 10.7 Å². The average Bonchev–Trinajstić information content (AvgIpc) is 1.77. The number of urea groups is 1. The lowest BCUT2D eigenvalue weighted by Crippen LogP contribution is -2.70. The molecule has 2 fully saturated rings. The van der Waals surface area contributed by atoms with Crippen LogP contribution in [0.15, 0.2) is 0 Å². The summed E-state index contributed by atoms with van der Waals surface area (Å²) in [7, 11) is 0. The van der Waals surface area contributed by atoms with E-state index in [9.17, 15) is 9.59 Å². The van der Waals surface area contributed by atoms with Crippen LogP contribution in [-0.2, 0) is 4.79 Å². The molecule has 2 heterocycles. The summed E-state index contributed by atoms with van der Waals surface area (Å²) >= 11 is 0. The third-order valence-electron chi connectivity index (χ3n) is 1.80.